The SMILES string of the molecule is CC(C)Oc1nc(Cl)nc(NC(C)C(=O)NC(C)(C)C)n1. The Kier molecular flexibility index (Phi) is 5.71. The van der Waals surface area contributed by atoms with E-state index >= 15 is 0 Å². The van der Waals surface area contributed by atoms with E-state index in [9.17, 15) is 4.79 Å². The lowest BCUT2D eigenvalue weighted by atomic mass is 10.1. The van der Waals surface area contributed by atoms with Gasteiger partial charge in [0.2, 0.25) is 17.1 Å². The van der Waals surface area contributed by atoms with E-state index in [0.717, 1.165) is 0 Å². The van der Waals surface area contributed by atoms with Crippen LogP contribution in [0.5, 0.6) is 6.01 Å². The number of aromatic nitrogens is 3. The minimum absolute atomic E-state index is 0.00609. The van der Waals surface area contributed by atoms with Crippen molar-refractivity contribution < 1.29 is 9.53 Å². The van der Waals surface area contributed by atoms with Crippen molar-refractivity contribution in [1.29, 1.82) is 0 Å². The van der Waals surface area contributed by atoms with E-state index in [1.165, 1.54) is 0 Å². The Morgan fingerprint density at radius 3 is 2.33 bits per heavy atom. The number of amides is 1. The van der Waals surface area contributed by atoms with Crippen LogP contribution in [0.1, 0.15) is 41.5 Å². The summed E-state index contributed by atoms with van der Waals surface area (Å²) in [4.78, 5) is 23.9. The monoisotopic (exact) mass is 315 g/mol. The van der Waals surface area contributed by atoms with Gasteiger partial charge < -0.3 is 15.4 Å². The third-order valence-electron chi connectivity index (χ3n) is 2.17. The van der Waals surface area contributed by atoms with Crippen LogP contribution in [0.2, 0.25) is 5.28 Å². The molecule has 2 N–H and O–H groups in total. The van der Waals surface area contributed by atoms with E-state index in [4.69, 9.17) is 16.3 Å². The van der Waals surface area contributed by atoms with E-state index < -0.39 is 6.04 Å². The minimum Gasteiger partial charge on any atom is -0.461 e. The average molecular weight is 316 g/mol. The van der Waals surface area contributed by atoms with Gasteiger partial charge in [0, 0.05) is 5.54 Å². The molecule has 0 saturated heterocycles. The van der Waals surface area contributed by atoms with Gasteiger partial charge in [0.05, 0.1) is 6.10 Å². The van der Waals surface area contributed by atoms with Gasteiger partial charge in [0.25, 0.3) is 0 Å². The normalized spacial score (nSPS) is 13.0. The Labute approximate surface area is 129 Å². The van der Waals surface area contributed by atoms with Gasteiger partial charge in [-0.1, -0.05) is 0 Å². The number of carbonyl (C=O) groups excluding carboxylic acids is 1. The van der Waals surface area contributed by atoms with Gasteiger partial charge in [0.15, 0.2) is 0 Å². The molecule has 0 aliphatic rings. The van der Waals surface area contributed by atoms with Gasteiger partial charge in [0.1, 0.15) is 6.04 Å². The summed E-state index contributed by atoms with van der Waals surface area (Å²) in [5, 5.41) is 5.75. The molecular formula is C13H22ClN5O2. The summed E-state index contributed by atoms with van der Waals surface area (Å²) in [5.41, 5.74) is -0.310. The number of ether oxygens (including phenoxy) is 1. The molecule has 0 aromatic carbocycles. The van der Waals surface area contributed by atoms with E-state index in [2.05, 4.69) is 25.6 Å². The first-order valence-electron chi connectivity index (χ1n) is 6.73. The highest BCUT2D eigenvalue weighted by Crippen LogP contribution is 2.13. The van der Waals surface area contributed by atoms with E-state index in [1.807, 2.05) is 34.6 Å². The third kappa shape index (κ3) is 6.57. The molecule has 0 bridgehead atoms. The Morgan fingerprint density at radius 1 is 1.19 bits per heavy atom. The van der Waals surface area contributed by atoms with Crippen molar-refractivity contribution in [3.8, 4) is 6.01 Å². The number of halogens is 1. The average Bonchev–Trinajstić information content (AvgIpc) is 2.24. The van der Waals surface area contributed by atoms with Crippen molar-refractivity contribution in [3.63, 3.8) is 0 Å². The molecule has 1 heterocycles. The van der Waals surface area contributed by atoms with Crippen LogP contribution < -0.4 is 15.4 Å². The molecule has 1 aromatic heterocycles. The van der Waals surface area contributed by atoms with Crippen LogP contribution in [0.25, 0.3) is 0 Å². The molecule has 1 aromatic rings. The van der Waals surface area contributed by atoms with E-state index in [-0.39, 0.29) is 34.8 Å². The van der Waals surface area contributed by atoms with E-state index in [1.54, 1.807) is 6.92 Å². The smallest absolute Gasteiger partial charge is 0.322 e. The van der Waals surface area contributed by atoms with Crippen LogP contribution in [0.3, 0.4) is 0 Å². The van der Waals surface area contributed by atoms with Crippen LogP contribution in [0.15, 0.2) is 0 Å². The quantitative estimate of drug-likeness (QED) is 0.864. The van der Waals surface area contributed by atoms with Crippen molar-refractivity contribution in [2.75, 3.05) is 5.32 Å². The highest BCUT2D eigenvalue weighted by atomic mass is 35.5. The summed E-state index contributed by atoms with van der Waals surface area (Å²) in [6.07, 6.45) is -0.0853. The molecule has 118 valence electrons. The van der Waals surface area contributed by atoms with Gasteiger partial charge >= 0.3 is 6.01 Å². The lowest BCUT2D eigenvalue weighted by Crippen LogP contribution is -2.47. The number of nitrogens with zero attached hydrogens (tertiary/aromatic N) is 3. The molecule has 8 heteroatoms. The molecule has 7 nitrogen and oxygen atoms in total. The molecular weight excluding hydrogens is 294 g/mol. The zero-order valence-electron chi connectivity index (χ0n) is 13.2. The molecule has 0 saturated carbocycles. The van der Waals surface area contributed by atoms with Crippen LogP contribution in [0, 0.1) is 0 Å². The van der Waals surface area contributed by atoms with Crippen LogP contribution in [-0.4, -0.2) is 38.5 Å². The number of anilines is 1. The molecule has 0 aliphatic heterocycles. The second kappa shape index (κ2) is 6.89. The zero-order valence-corrected chi connectivity index (χ0v) is 13.9. The topological polar surface area (TPSA) is 89.0 Å². The highest BCUT2D eigenvalue weighted by molar-refractivity contribution is 6.28. The molecule has 1 atom stereocenters. The van der Waals surface area contributed by atoms with Crippen molar-refractivity contribution in [2.45, 2.75) is 59.2 Å². The molecule has 0 radical (unpaired) electrons. The summed E-state index contributed by atoms with van der Waals surface area (Å²) in [6.45, 7) is 11.1. The predicted octanol–water partition coefficient (Wildman–Crippen LogP) is 2.03. The molecule has 1 unspecified atom stereocenters. The fourth-order valence-electron chi connectivity index (χ4n) is 1.40. The van der Waals surface area contributed by atoms with Crippen molar-refractivity contribution in [3.05, 3.63) is 5.28 Å². The molecule has 0 aliphatic carbocycles. The number of rotatable bonds is 5. The van der Waals surface area contributed by atoms with E-state index in [0.29, 0.717) is 0 Å². The van der Waals surface area contributed by atoms with Crippen molar-refractivity contribution >= 4 is 23.5 Å². The summed E-state index contributed by atoms with van der Waals surface area (Å²) >= 11 is 5.82. The van der Waals surface area contributed by atoms with Gasteiger partial charge in [-0.15, -0.1) is 0 Å². The Balaban J connectivity index is 2.78. The Hall–Kier alpha value is -1.63. The van der Waals surface area contributed by atoms with Gasteiger partial charge in [-0.05, 0) is 53.1 Å². The minimum atomic E-state index is -0.519. The maximum atomic E-state index is 12.0. The van der Waals surface area contributed by atoms with Gasteiger partial charge in [-0.3, -0.25) is 4.79 Å². The van der Waals surface area contributed by atoms with Gasteiger partial charge in [-0.2, -0.15) is 15.0 Å². The second-order valence-electron chi connectivity index (χ2n) is 5.98. The molecule has 1 rings (SSSR count). The predicted molar refractivity (Wildman–Crippen MR) is 81.6 cm³/mol. The number of hydrogen-bond acceptors (Lipinski definition) is 6. The molecule has 21 heavy (non-hydrogen) atoms. The standard InChI is InChI=1S/C13H22ClN5O2/c1-7(2)21-12-17-10(14)16-11(18-12)15-8(3)9(20)19-13(4,5)6/h7-8H,1-6H3,(H,19,20)(H,15,16,17,18). The third-order valence-corrected chi connectivity index (χ3v) is 2.33. The molecule has 0 spiro atoms. The molecule has 1 amide bonds. The van der Waals surface area contributed by atoms with Crippen LogP contribution in [0.4, 0.5) is 5.95 Å². The summed E-state index contributed by atoms with van der Waals surface area (Å²) in [5.74, 6) is 0.0348. The maximum Gasteiger partial charge on any atom is 0.322 e. The van der Waals surface area contributed by atoms with Gasteiger partial charge in [-0.25, -0.2) is 0 Å². The first-order chi connectivity index (χ1) is 9.56. The number of carbonyl (C=O) groups is 1. The summed E-state index contributed by atoms with van der Waals surface area (Å²) < 4.78 is 5.37. The first kappa shape index (κ1) is 17.4. The molecule has 0 fully saturated rings. The summed E-state index contributed by atoms with van der Waals surface area (Å²) in [7, 11) is 0. The first-order valence-corrected chi connectivity index (χ1v) is 7.11. The zero-order chi connectivity index (χ0) is 16.2. The fourth-order valence-corrected chi connectivity index (χ4v) is 1.55. The lowest BCUT2D eigenvalue weighted by molar-refractivity contribution is -0.122. The summed E-state index contributed by atoms with van der Waals surface area (Å²) in [6, 6.07) is -0.398. The highest BCUT2D eigenvalue weighted by Gasteiger charge is 2.20. The van der Waals surface area contributed by atoms with Crippen LogP contribution >= 0.6 is 11.6 Å². The number of nitrogens with one attached hydrogen (secondary N) is 2. The maximum absolute atomic E-state index is 12.0. The Morgan fingerprint density at radius 2 is 1.81 bits per heavy atom. The largest absolute Gasteiger partial charge is 0.461 e. The lowest BCUT2D eigenvalue weighted by Gasteiger charge is -2.23. The Bertz CT molecular complexity index is 502. The number of hydrogen-bond donors (Lipinski definition) is 2. The van der Waals surface area contributed by atoms with Crippen LogP contribution in [-0.2, 0) is 4.79 Å². The van der Waals surface area contributed by atoms with Crippen molar-refractivity contribution in [1.82, 2.24) is 20.3 Å². The van der Waals surface area contributed by atoms with Crippen molar-refractivity contribution in [2.24, 2.45) is 0 Å². The fraction of sp³-hybridized carbons (Fsp3) is 0.692. The second-order valence-corrected chi connectivity index (χ2v) is 6.32.